The molecule has 0 radical (unpaired) electrons. The average Bonchev–Trinajstić information content (AvgIpc) is 2.99. The van der Waals surface area contributed by atoms with Gasteiger partial charge in [0.15, 0.2) is 0 Å². The van der Waals surface area contributed by atoms with Gasteiger partial charge in [-0.25, -0.2) is 9.37 Å². The van der Waals surface area contributed by atoms with Crippen LogP contribution in [0.4, 0.5) is 4.39 Å². The summed E-state index contributed by atoms with van der Waals surface area (Å²) < 4.78 is 15.0. The molecule has 0 amide bonds. The van der Waals surface area contributed by atoms with E-state index in [1.54, 1.807) is 24.8 Å². The van der Waals surface area contributed by atoms with Crippen LogP contribution in [0.1, 0.15) is 38.2 Å². The summed E-state index contributed by atoms with van der Waals surface area (Å²) in [4.78, 5) is 3.96. The third-order valence-corrected chi connectivity index (χ3v) is 4.81. The summed E-state index contributed by atoms with van der Waals surface area (Å²) in [6.45, 7) is 4.03. The molecule has 0 bridgehead atoms. The molecule has 2 aromatic rings. The Hall–Kier alpha value is -1.75. The molecule has 1 saturated carbocycles. The van der Waals surface area contributed by atoms with Crippen molar-refractivity contribution >= 4 is 0 Å². The van der Waals surface area contributed by atoms with E-state index in [-0.39, 0.29) is 11.2 Å². The van der Waals surface area contributed by atoms with Crippen molar-refractivity contribution in [1.29, 1.82) is 0 Å². The zero-order valence-electron chi connectivity index (χ0n) is 13.0. The Morgan fingerprint density at radius 2 is 2.09 bits per heavy atom. The Morgan fingerprint density at radius 1 is 1.32 bits per heavy atom. The molecule has 4 nitrogen and oxygen atoms in total. The van der Waals surface area contributed by atoms with Crippen LogP contribution in [0.25, 0.3) is 0 Å². The van der Waals surface area contributed by atoms with Gasteiger partial charge in [-0.05, 0) is 43.9 Å². The molecule has 1 aliphatic carbocycles. The minimum atomic E-state index is -0.160. The molecule has 22 heavy (non-hydrogen) atoms. The fourth-order valence-electron chi connectivity index (χ4n) is 3.12. The van der Waals surface area contributed by atoms with Crippen LogP contribution in [0.3, 0.4) is 0 Å². The van der Waals surface area contributed by atoms with E-state index in [4.69, 9.17) is 0 Å². The highest BCUT2D eigenvalue weighted by atomic mass is 19.1. The Kier molecular flexibility index (Phi) is 4.52. The van der Waals surface area contributed by atoms with Crippen LogP contribution < -0.4 is 5.32 Å². The summed E-state index contributed by atoms with van der Waals surface area (Å²) in [5.74, 6) is -0.160. The first-order chi connectivity index (χ1) is 10.7. The predicted octanol–water partition coefficient (Wildman–Crippen LogP) is 2.91. The summed E-state index contributed by atoms with van der Waals surface area (Å²) >= 11 is 0. The number of rotatable bonds is 7. The minimum Gasteiger partial charge on any atom is -0.313 e. The van der Waals surface area contributed by atoms with Gasteiger partial charge in [0.2, 0.25) is 0 Å². The SMILES string of the molecule is C[C@H](CCn1cncn1)NCC1(c2ccc(F)cc2)CCC1. The molecule has 0 unspecified atom stereocenters. The quantitative estimate of drug-likeness (QED) is 0.855. The van der Waals surface area contributed by atoms with Crippen molar-refractivity contribution in [1.82, 2.24) is 20.1 Å². The molecular weight excluding hydrogens is 279 g/mol. The first kappa shape index (κ1) is 15.2. The van der Waals surface area contributed by atoms with E-state index >= 15 is 0 Å². The van der Waals surface area contributed by atoms with Gasteiger partial charge >= 0.3 is 0 Å². The van der Waals surface area contributed by atoms with Gasteiger partial charge in [-0.3, -0.25) is 4.68 Å². The molecule has 0 spiro atoms. The van der Waals surface area contributed by atoms with Gasteiger partial charge in [-0.2, -0.15) is 5.10 Å². The van der Waals surface area contributed by atoms with Gasteiger partial charge in [-0.1, -0.05) is 18.6 Å². The molecule has 1 aliphatic rings. The largest absolute Gasteiger partial charge is 0.313 e. The first-order valence-electron chi connectivity index (χ1n) is 8.00. The summed E-state index contributed by atoms with van der Waals surface area (Å²) in [6.07, 6.45) is 7.95. The van der Waals surface area contributed by atoms with Gasteiger partial charge < -0.3 is 5.32 Å². The molecule has 1 aromatic heterocycles. The summed E-state index contributed by atoms with van der Waals surface area (Å²) in [5, 5.41) is 7.77. The van der Waals surface area contributed by atoms with Gasteiger partial charge in [0.25, 0.3) is 0 Å². The highest BCUT2D eigenvalue weighted by Gasteiger charge is 2.38. The van der Waals surface area contributed by atoms with Gasteiger partial charge in [0.05, 0.1) is 0 Å². The zero-order chi connectivity index (χ0) is 15.4. The standard InChI is InChI=1S/C17H23FN4/c1-14(7-10-22-13-19-12-21-22)20-11-17(8-2-9-17)15-3-5-16(18)6-4-15/h3-6,12-14,20H,2,7-11H2,1H3/t14-/m1/s1. The van der Waals surface area contributed by atoms with Gasteiger partial charge in [0, 0.05) is 24.5 Å². The topological polar surface area (TPSA) is 42.7 Å². The second kappa shape index (κ2) is 6.57. The maximum atomic E-state index is 13.1. The Labute approximate surface area is 130 Å². The van der Waals surface area contributed by atoms with Crippen LogP contribution in [0.2, 0.25) is 0 Å². The number of aromatic nitrogens is 3. The van der Waals surface area contributed by atoms with Crippen LogP contribution in [-0.2, 0) is 12.0 Å². The molecule has 1 fully saturated rings. The minimum absolute atomic E-state index is 0.160. The van der Waals surface area contributed by atoms with Crippen LogP contribution in [0.5, 0.6) is 0 Å². The van der Waals surface area contributed by atoms with Gasteiger partial charge in [0.1, 0.15) is 18.5 Å². The second-order valence-electron chi connectivity index (χ2n) is 6.37. The normalized spacial score (nSPS) is 17.9. The highest BCUT2D eigenvalue weighted by Crippen LogP contribution is 2.43. The molecule has 0 aliphatic heterocycles. The van der Waals surface area contributed by atoms with Crippen LogP contribution >= 0.6 is 0 Å². The number of hydrogen-bond donors (Lipinski definition) is 1. The van der Waals surface area contributed by atoms with E-state index < -0.39 is 0 Å². The summed E-state index contributed by atoms with van der Waals surface area (Å²) in [5.41, 5.74) is 1.45. The zero-order valence-corrected chi connectivity index (χ0v) is 13.0. The lowest BCUT2D eigenvalue weighted by atomic mass is 9.64. The third-order valence-electron chi connectivity index (χ3n) is 4.81. The van der Waals surface area contributed by atoms with E-state index in [0.29, 0.717) is 6.04 Å². The van der Waals surface area contributed by atoms with E-state index in [9.17, 15) is 4.39 Å². The van der Waals surface area contributed by atoms with Crippen LogP contribution in [0.15, 0.2) is 36.9 Å². The Balaban J connectivity index is 1.53. The lowest BCUT2D eigenvalue weighted by Crippen LogP contribution is -2.46. The van der Waals surface area contributed by atoms with E-state index in [0.717, 1.165) is 19.5 Å². The van der Waals surface area contributed by atoms with E-state index in [1.165, 1.54) is 24.8 Å². The Morgan fingerprint density at radius 3 is 2.68 bits per heavy atom. The van der Waals surface area contributed by atoms with Crippen molar-refractivity contribution < 1.29 is 4.39 Å². The van der Waals surface area contributed by atoms with Gasteiger partial charge in [-0.15, -0.1) is 0 Å². The van der Waals surface area contributed by atoms with Crippen molar-refractivity contribution in [2.75, 3.05) is 6.54 Å². The van der Waals surface area contributed by atoms with Crippen LogP contribution in [-0.4, -0.2) is 27.4 Å². The average molecular weight is 302 g/mol. The maximum absolute atomic E-state index is 13.1. The fourth-order valence-corrected chi connectivity index (χ4v) is 3.12. The predicted molar refractivity (Wildman–Crippen MR) is 84.0 cm³/mol. The Bertz CT molecular complexity index is 575. The first-order valence-corrected chi connectivity index (χ1v) is 8.00. The van der Waals surface area contributed by atoms with E-state index in [1.807, 2.05) is 16.8 Å². The summed E-state index contributed by atoms with van der Waals surface area (Å²) in [7, 11) is 0. The van der Waals surface area contributed by atoms with Crippen molar-refractivity contribution in [3.63, 3.8) is 0 Å². The smallest absolute Gasteiger partial charge is 0.137 e. The number of benzene rings is 1. The third kappa shape index (κ3) is 3.35. The van der Waals surface area contributed by atoms with E-state index in [2.05, 4.69) is 22.3 Å². The molecule has 1 aromatic carbocycles. The highest BCUT2D eigenvalue weighted by molar-refractivity contribution is 5.29. The molecule has 118 valence electrons. The molecule has 1 atom stereocenters. The number of hydrogen-bond acceptors (Lipinski definition) is 3. The monoisotopic (exact) mass is 302 g/mol. The molecule has 0 saturated heterocycles. The number of halogens is 1. The molecule has 1 heterocycles. The number of nitrogens with zero attached hydrogens (tertiary/aromatic N) is 3. The number of aryl methyl sites for hydroxylation is 1. The number of nitrogens with one attached hydrogen (secondary N) is 1. The fraction of sp³-hybridized carbons (Fsp3) is 0.529. The van der Waals surface area contributed by atoms with Crippen LogP contribution in [0, 0.1) is 5.82 Å². The lowest BCUT2D eigenvalue weighted by Gasteiger charge is -2.43. The van der Waals surface area contributed by atoms with Crippen molar-refractivity contribution in [3.8, 4) is 0 Å². The van der Waals surface area contributed by atoms with Crippen molar-refractivity contribution in [3.05, 3.63) is 48.3 Å². The second-order valence-corrected chi connectivity index (χ2v) is 6.37. The molecule has 1 N–H and O–H groups in total. The van der Waals surface area contributed by atoms with Crippen molar-refractivity contribution in [2.24, 2.45) is 0 Å². The molecular formula is C17H23FN4. The lowest BCUT2D eigenvalue weighted by molar-refractivity contribution is 0.224. The molecule has 3 rings (SSSR count). The summed E-state index contributed by atoms with van der Waals surface area (Å²) in [6, 6.07) is 7.45. The maximum Gasteiger partial charge on any atom is 0.137 e. The molecule has 5 heteroatoms. The van der Waals surface area contributed by atoms with Crippen molar-refractivity contribution in [2.45, 2.75) is 50.6 Å².